The second-order valence-electron chi connectivity index (χ2n) is 3.53. The monoisotopic (exact) mass is 235 g/mol. The van der Waals surface area contributed by atoms with Gasteiger partial charge in [0.05, 0.1) is 11.6 Å². The summed E-state index contributed by atoms with van der Waals surface area (Å²) in [6.07, 6.45) is 0.871. The van der Waals surface area contributed by atoms with Crippen LogP contribution in [0.5, 0.6) is 5.75 Å². The van der Waals surface area contributed by atoms with Gasteiger partial charge in [-0.3, -0.25) is 0 Å². The zero-order valence-corrected chi connectivity index (χ0v) is 10.2. The Labute approximate surface area is 100 Å². The molecular formula is C13H14ClNO. The number of fused-ring (bicyclic) bond motifs is 1. The van der Waals surface area contributed by atoms with Crippen molar-refractivity contribution >= 4 is 22.5 Å². The maximum Gasteiger partial charge on any atom is 0.145 e. The summed E-state index contributed by atoms with van der Waals surface area (Å²) in [6.45, 7) is 4.66. The van der Waals surface area contributed by atoms with Gasteiger partial charge in [-0.05, 0) is 25.5 Å². The Kier molecular flexibility index (Phi) is 3.30. The van der Waals surface area contributed by atoms with E-state index in [1.54, 1.807) is 0 Å². The molecule has 0 unspecified atom stereocenters. The Morgan fingerprint density at radius 3 is 2.81 bits per heavy atom. The Morgan fingerprint density at radius 1 is 1.31 bits per heavy atom. The van der Waals surface area contributed by atoms with Gasteiger partial charge in [-0.2, -0.15) is 0 Å². The van der Waals surface area contributed by atoms with Gasteiger partial charge in [-0.25, -0.2) is 4.98 Å². The molecule has 2 nitrogen and oxygen atoms in total. The first-order valence-electron chi connectivity index (χ1n) is 5.47. The number of pyridine rings is 1. The zero-order chi connectivity index (χ0) is 11.5. The first-order valence-corrected chi connectivity index (χ1v) is 5.85. The fourth-order valence-electron chi connectivity index (χ4n) is 1.68. The number of ether oxygens (including phenoxy) is 1. The van der Waals surface area contributed by atoms with Crippen LogP contribution in [-0.4, -0.2) is 11.6 Å². The van der Waals surface area contributed by atoms with Crippen LogP contribution < -0.4 is 4.74 Å². The Balaban J connectivity index is 2.69. The molecule has 1 aromatic heterocycles. The van der Waals surface area contributed by atoms with E-state index in [9.17, 15) is 0 Å². The summed E-state index contributed by atoms with van der Waals surface area (Å²) in [6, 6.07) is 7.74. The van der Waals surface area contributed by atoms with E-state index in [4.69, 9.17) is 16.3 Å². The average Bonchev–Trinajstić information content (AvgIpc) is 2.30. The van der Waals surface area contributed by atoms with Gasteiger partial charge in [0.25, 0.3) is 0 Å². The third-order valence-corrected chi connectivity index (χ3v) is 2.78. The van der Waals surface area contributed by atoms with Crippen molar-refractivity contribution in [2.75, 3.05) is 6.61 Å². The summed E-state index contributed by atoms with van der Waals surface area (Å²) < 4.78 is 5.55. The highest BCUT2D eigenvalue weighted by molar-refractivity contribution is 6.35. The van der Waals surface area contributed by atoms with Crippen LogP contribution in [0.25, 0.3) is 10.9 Å². The van der Waals surface area contributed by atoms with Crippen molar-refractivity contribution in [3.63, 3.8) is 0 Å². The number of hydrogen-bond acceptors (Lipinski definition) is 2. The first kappa shape index (κ1) is 11.2. The molecule has 84 valence electrons. The number of aromatic nitrogens is 1. The molecule has 3 heteroatoms. The second-order valence-corrected chi connectivity index (χ2v) is 3.94. The van der Waals surface area contributed by atoms with E-state index in [1.165, 1.54) is 0 Å². The smallest absolute Gasteiger partial charge is 0.145 e. The molecule has 0 atom stereocenters. The maximum atomic E-state index is 6.22. The van der Waals surface area contributed by atoms with Gasteiger partial charge >= 0.3 is 0 Å². The van der Waals surface area contributed by atoms with Crippen molar-refractivity contribution in [2.45, 2.75) is 20.3 Å². The summed E-state index contributed by atoms with van der Waals surface area (Å²) in [4.78, 5) is 4.56. The van der Waals surface area contributed by atoms with Crippen molar-refractivity contribution in [1.29, 1.82) is 0 Å². The molecule has 0 aliphatic carbocycles. The van der Waals surface area contributed by atoms with Crippen LogP contribution >= 0.6 is 11.6 Å². The van der Waals surface area contributed by atoms with Gasteiger partial charge in [0.15, 0.2) is 0 Å². The van der Waals surface area contributed by atoms with Crippen molar-refractivity contribution in [1.82, 2.24) is 4.98 Å². The molecule has 0 bridgehead atoms. The standard InChI is InChI=1S/C13H14ClNO/c1-3-9-8-11(14)10-6-5-7-12(16-4-2)13(10)15-9/h5-8H,3-4H2,1-2H3. The van der Waals surface area contributed by atoms with E-state index >= 15 is 0 Å². The van der Waals surface area contributed by atoms with Crippen LogP contribution in [0.15, 0.2) is 24.3 Å². The fourth-order valence-corrected chi connectivity index (χ4v) is 1.96. The normalized spacial score (nSPS) is 10.7. The largest absolute Gasteiger partial charge is 0.492 e. The van der Waals surface area contributed by atoms with Crippen LogP contribution in [-0.2, 0) is 6.42 Å². The van der Waals surface area contributed by atoms with Gasteiger partial charge in [0.2, 0.25) is 0 Å². The highest BCUT2D eigenvalue weighted by Crippen LogP contribution is 2.29. The lowest BCUT2D eigenvalue weighted by Gasteiger charge is -2.09. The molecule has 1 aromatic carbocycles. The van der Waals surface area contributed by atoms with Gasteiger partial charge < -0.3 is 4.74 Å². The third-order valence-electron chi connectivity index (χ3n) is 2.47. The molecule has 0 amide bonds. The minimum atomic E-state index is 0.634. The van der Waals surface area contributed by atoms with E-state index in [0.29, 0.717) is 6.61 Å². The minimum Gasteiger partial charge on any atom is -0.492 e. The topological polar surface area (TPSA) is 22.1 Å². The van der Waals surface area contributed by atoms with E-state index < -0.39 is 0 Å². The first-order chi connectivity index (χ1) is 7.76. The van der Waals surface area contributed by atoms with Crippen LogP contribution in [0.3, 0.4) is 0 Å². The minimum absolute atomic E-state index is 0.634. The molecular weight excluding hydrogens is 222 g/mol. The predicted octanol–water partition coefficient (Wildman–Crippen LogP) is 3.85. The Morgan fingerprint density at radius 2 is 2.12 bits per heavy atom. The molecule has 0 N–H and O–H groups in total. The van der Waals surface area contributed by atoms with Crippen LogP contribution in [0, 0.1) is 0 Å². The molecule has 0 spiro atoms. The van der Waals surface area contributed by atoms with Gasteiger partial charge in [0, 0.05) is 11.1 Å². The number of hydrogen-bond donors (Lipinski definition) is 0. The lowest BCUT2D eigenvalue weighted by molar-refractivity contribution is 0.343. The van der Waals surface area contributed by atoms with Gasteiger partial charge in [-0.1, -0.05) is 30.7 Å². The van der Waals surface area contributed by atoms with E-state index in [1.807, 2.05) is 31.2 Å². The summed E-state index contributed by atoms with van der Waals surface area (Å²) in [5.41, 5.74) is 1.85. The number of rotatable bonds is 3. The Bertz CT molecular complexity index is 511. The lowest BCUT2D eigenvalue weighted by atomic mass is 10.1. The summed E-state index contributed by atoms with van der Waals surface area (Å²) in [5, 5.41) is 1.69. The molecule has 0 aliphatic rings. The summed E-state index contributed by atoms with van der Waals surface area (Å²) >= 11 is 6.22. The zero-order valence-electron chi connectivity index (χ0n) is 9.46. The molecule has 0 saturated carbocycles. The molecule has 0 radical (unpaired) electrons. The summed E-state index contributed by atoms with van der Waals surface area (Å²) in [5.74, 6) is 0.803. The maximum absolute atomic E-state index is 6.22. The van der Waals surface area contributed by atoms with E-state index in [2.05, 4.69) is 11.9 Å². The van der Waals surface area contributed by atoms with Crippen molar-refractivity contribution in [2.24, 2.45) is 0 Å². The van der Waals surface area contributed by atoms with Crippen molar-refractivity contribution in [3.8, 4) is 5.75 Å². The third kappa shape index (κ3) is 1.98. The molecule has 16 heavy (non-hydrogen) atoms. The quantitative estimate of drug-likeness (QED) is 0.806. The highest BCUT2D eigenvalue weighted by atomic mass is 35.5. The van der Waals surface area contributed by atoms with Crippen molar-refractivity contribution < 1.29 is 4.74 Å². The SMILES string of the molecule is CCOc1cccc2c(Cl)cc(CC)nc12. The van der Waals surface area contributed by atoms with Crippen LogP contribution in [0.2, 0.25) is 5.02 Å². The molecule has 0 saturated heterocycles. The summed E-state index contributed by atoms with van der Waals surface area (Å²) in [7, 11) is 0. The number of para-hydroxylation sites is 1. The lowest BCUT2D eigenvalue weighted by Crippen LogP contribution is -1.96. The van der Waals surface area contributed by atoms with Crippen LogP contribution in [0.1, 0.15) is 19.5 Å². The Hall–Kier alpha value is -1.28. The van der Waals surface area contributed by atoms with Gasteiger partial charge in [0.1, 0.15) is 11.3 Å². The number of halogens is 1. The molecule has 2 aromatic rings. The van der Waals surface area contributed by atoms with Crippen molar-refractivity contribution in [3.05, 3.63) is 35.0 Å². The predicted molar refractivity (Wildman–Crippen MR) is 67.3 cm³/mol. The molecule has 2 rings (SSSR count). The molecule has 0 aliphatic heterocycles. The fraction of sp³-hybridized carbons (Fsp3) is 0.308. The van der Waals surface area contributed by atoms with Crippen LogP contribution in [0.4, 0.5) is 0 Å². The molecule has 1 heterocycles. The van der Waals surface area contributed by atoms with E-state index in [-0.39, 0.29) is 0 Å². The highest BCUT2D eigenvalue weighted by Gasteiger charge is 2.07. The van der Waals surface area contributed by atoms with E-state index in [0.717, 1.165) is 33.8 Å². The average molecular weight is 236 g/mol. The number of benzene rings is 1. The second kappa shape index (κ2) is 4.71. The molecule has 0 fully saturated rings. The van der Waals surface area contributed by atoms with Gasteiger partial charge in [-0.15, -0.1) is 0 Å². The number of aryl methyl sites for hydroxylation is 1. The number of nitrogens with zero attached hydrogens (tertiary/aromatic N) is 1.